The maximum atomic E-state index is 12.2. The predicted molar refractivity (Wildman–Crippen MR) is 121 cm³/mol. The van der Waals surface area contributed by atoms with E-state index >= 15 is 0 Å². The molecule has 4 nitrogen and oxygen atoms in total. The number of anilines is 2. The van der Waals surface area contributed by atoms with Crippen LogP contribution in [-0.4, -0.2) is 12.5 Å². The first-order valence-corrected chi connectivity index (χ1v) is 10.4. The van der Waals surface area contributed by atoms with Gasteiger partial charge in [0.25, 0.3) is 5.91 Å². The number of nitrogens with one attached hydrogen (secondary N) is 2. The highest BCUT2D eigenvalue weighted by atomic mass is 79.9. The van der Waals surface area contributed by atoms with Crippen LogP contribution >= 0.6 is 31.9 Å². The van der Waals surface area contributed by atoms with E-state index in [1.807, 2.05) is 73.7 Å². The second-order valence-corrected chi connectivity index (χ2v) is 8.15. The third-order valence-corrected chi connectivity index (χ3v) is 5.07. The molecule has 0 bridgehead atoms. The zero-order chi connectivity index (χ0) is 19.9. The summed E-state index contributed by atoms with van der Waals surface area (Å²) in [7, 11) is 0. The number of amides is 1. The van der Waals surface area contributed by atoms with Crippen molar-refractivity contribution in [3.63, 3.8) is 0 Å². The van der Waals surface area contributed by atoms with E-state index in [2.05, 4.69) is 42.5 Å². The van der Waals surface area contributed by atoms with Gasteiger partial charge in [0.1, 0.15) is 5.75 Å². The van der Waals surface area contributed by atoms with E-state index in [0.29, 0.717) is 12.3 Å². The molecule has 3 rings (SSSR count). The Morgan fingerprint density at radius 1 is 0.893 bits per heavy atom. The highest BCUT2D eigenvalue weighted by Gasteiger charge is 2.09. The lowest BCUT2D eigenvalue weighted by Crippen LogP contribution is -2.20. The van der Waals surface area contributed by atoms with Gasteiger partial charge in [0.2, 0.25) is 0 Å². The lowest BCUT2D eigenvalue weighted by atomic mass is 10.2. The summed E-state index contributed by atoms with van der Waals surface area (Å²) >= 11 is 6.93. The molecule has 0 aliphatic carbocycles. The van der Waals surface area contributed by atoms with Crippen molar-refractivity contribution in [2.75, 3.05) is 17.2 Å². The Kier molecular flexibility index (Phi) is 7.12. The van der Waals surface area contributed by atoms with Crippen LogP contribution in [-0.2, 0) is 11.3 Å². The molecule has 0 aromatic heterocycles. The maximum absolute atomic E-state index is 12.2. The minimum atomic E-state index is -0.196. The van der Waals surface area contributed by atoms with Gasteiger partial charge in [-0.3, -0.25) is 4.79 Å². The average molecular weight is 504 g/mol. The summed E-state index contributed by atoms with van der Waals surface area (Å²) in [5, 5.41) is 6.21. The van der Waals surface area contributed by atoms with Crippen LogP contribution in [0.1, 0.15) is 11.1 Å². The first-order chi connectivity index (χ1) is 13.5. The van der Waals surface area contributed by atoms with Gasteiger partial charge in [-0.2, -0.15) is 0 Å². The molecule has 0 spiro atoms. The number of ether oxygens (including phenoxy) is 1. The fourth-order valence-electron chi connectivity index (χ4n) is 2.57. The van der Waals surface area contributed by atoms with Crippen LogP contribution < -0.4 is 15.4 Å². The van der Waals surface area contributed by atoms with Gasteiger partial charge in [-0.15, -0.1) is 0 Å². The van der Waals surface area contributed by atoms with Crippen molar-refractivity contribution in [1.82, 2.24) is 0 Å². The predicted octanol–water partition coefficient (Wildman–Crippen LogP) is 6.15. The lowest BCUT2D eigenvalue weighted by Gasteiger charge is -2.14. The molecule has 1 amide bonds. The van der Waals surface area contributed by atoms with Crippen LogP contribution in [0.4, 0.5) is 11.4 Å². The number of hydrogen-bond acceptors (Lipinski definition) is 3. The largest absolute Gasteiger partial charge is 0.483 e. The number of halogens is 2. The van der Waals surface area contributed by atoms with E-state index in [0.717, 1.165) is 31.4 Å². The lowest BCUT2D eigenvalue weighted by molar-refractivity contribution is -0.118. The topological polar surface area (TPSA) is 50.4 Å². The summed E-state index contributed by atoms with van der Waals surface area (Å²) < 4.78 is 7.76. The third kappa shape index (κ3) is 6.11. The van der Waals surface area contributed by atoms with E-state index in [4.69, 9.17) is 4.74 Å². The molecule has 0 fully saturated rings. The number of benzene rings is 3. The van der Waals surface area contributed by atoms with Gasteiger partial charge in [0, 0.05) is 32.4 Å². The first-order valence-electron chi connectivity index (χ1n) is 8.77. The summed E-state index contributed by atoms with van der Waals surface area (Å²) in [6, 6.07) is 21.4. The van der Waals surface area contributed by atoms with Gasteiger partial charge in [-0.1, -0.05) is 49.6 Å². The van der Waals surface area contributed by atoms with Gasteiger partial charge < -0.3 is 15.4 Å². The number of carbonyl (C=O) groups is 1. The van der Waals surface area contributed by atoms with E-state index in [1.165, 1.54) is 0 Å². The van der Waals surface area contributed by atoms with Crippen molar-refractivity contribution in [2.24, 2.45) is 0 Å². The summed E-state index contributed by atoms with van der Waals surface area (Å²) in [6.07, 6.45) is 0. The molecule has 6 heteroatoms. The molecule has 2 N–H and O–H groups in total. The maximum Gasteiger partial charge on any atom is 0.262 e. The molecule has 0 heterocycles. The Bertz CT molecular complexity index is 942. The van der Waals surface area contributed by atoms with Crippen LogP contribution in [0, 0.1) is 6.92 Å². The number of rotatable bonds is 7. The van der Waals surface area contributed by atoms with Gasteiger partial charge >= 0.3 is 0 Å². The minimum absolute atomic E-state index is 0.0548. The van der Waals surface area contributed by atoms with E-state index < -0.39 is 0 Å². The zero-order valence-electron chi connectivity index (χ0n) is 15.3. The Morgan fingerprint density at radius 3 is 2.25 bits per heavy atom. The molecule has 0 radical (unpaired) electrons. The Hall–Kier alpha value is -2.31. The molecule has 144 valence electrons. The quantitative estimate of drug-likeness (QED) is 0.406. The van der Waals surface area contributed by atoms with E-state index in [9.17, 15) is 4.79 Å². The highest BCUT2D eigenvalue weighted by Crippen LogP contribution is 2.25. The van der Waals surface area contributed by atoms with Gasteiger partial charge in [0.15, 0.2) is 6.61 Å². The minimum Gasteiger partial charge on any atom is -0.483 e. The first kappa shape index (κ1) is 20.4. The Balaban J connectivity index is 1.60. The summed E-state index contributed by atoms with van der Waals surface area (Å²) in [5.74, 6) is 0.477. The van der Waals surface area contributed by atoms with E-state index in [-0.39, 0.29) is 12.5 Å². The number of hydrogen-bond donors (Lipinski definition) is 2. The summed E-state index contributed by atoms with van der Waals surface area (Å²) in [4.78, 5) is 12.2. The van der Waals surface area contributed by atoms with Gasteiger partial charge in [-0.05, 0) is 61.5 Å². The molecule has 3 aromatic rings. The molecular weight excluding hydrogens is 484 g/mol. The van der Waals surface area contributed by atoms with Crippen LogP contribution in [0.15, 0.2) is 75.7 Å². The van der Waals surface area contributed by atoms with Crippen molar-refractivity contribution in [3.8, 4) is 5.75 Å². The van der Waals surface area contributed by atoms with Crippen molar-refractivity contribution < 1.29 is 9.53 Å². The SMILES string of the molecule is Cc1ccc(NC(=O)COc2ccc(Br)cc2CNc2ccc(Br)cc2)cc1. The van der Waals surface area contributed by atoms with Crippen LogP contribution in [0.5, 0.6) is 5.75 Å². The molecular formula is C22H20Br2N2O2. The van der Waals surface area contributed by atoms with Gasteiger partial charge in [0.05, 0.1) is 0 Å². The van der Waals surface area contributed by atoms with Crippen molar-refractivity contribution in [1.29, 1.82) is 0 Å². The average Bonchev–Trinajstić information content (AvgIpc) is 2.68. The fraction of sp³-hybridized carbons (Fsp3) is 0.136. The molecule has 0 saturated carbocycles. The number of aryl methyl sites for hydroxylation is 1. The second kappa shape index (κ2) is 9.75. The van der Waals surface area contributed by atoms with Crippen LogP contribution in [0.3, 0.4) is 0 Å². The zero-order valence-corrected chi connectivity index (χ0v) is 18.5. The second-order valence-electron chi connectivity index (χ2n) is 6.32. The van der Waals surface area contributed by atoms with Crippen LogP contribution in [0.2, 0.25) is 0 Å². The monoisotopic (exact) mass is 502 g/mol. The summed E-state index contributed by atoms with van der Waals surface area (Å²) in [6.45, 7) is 2.53. The molecule has 0 saturated heterocycles. The van der Waals surface area contributed by atoms with Gasteiger partial charge in [-0.25, -0.2) is 0 Å². The molecule has 0 unspecified atom stereocenters. The molecule has 28 heavy (non-hydrogen) atoms. The fourth-order valence-corrected chi connectivity index (χ4v) is 3.24. The molecule has 3 aromatic carbocycles. The number of carbonyl (C=O) groups excluding carboxylic acids is 1. The van der Waals surface area contributed by atoms with Crippen LogP contribution in [0.25, 0.3) is 0 Å². The summed E-state index contributed by atoms with van der Waals surface area (Å²) in [5.41, 5.74) is 3.87. The third-order valence-electron chi connectivity index (χ3n) is 4.04. The normalized spacial score (nSPS) is 10.4. The molecule has 0 aliphatic heterocycles. The van der Waals surface area contributed by atoms with Crippen molar-refractivity contribution in [2.45, 2.75) is 13.5 Å². The van der Waals surface area contributed by atoms with Crippen molar-refractivity contribution >= 4 is 49.1 Å². The molecule has 0 atom stereocenters. The van der Waals surface area contributed by atoms with E-state index in [1.54, 1.807) is 0 Å². The Labute approximate surface area is 181 Å². The highest BCUT2D eigenvalue weighted by molar-refractivity contribution is 9.10. The van der Waals surface area contributed by atoms with Crippen molar-refractivity contribution in [3.05, 3.63) is 86.8 Å². The Morgan fingerprint density at radius 2 is 1.54 bits per heavy atom. The molecule has 0 aliphatic rings. The standard InChI is InChI=1S/C22H20Br2N2O2/c1-15-2-7-20(8-3-15)26-22(27)14-28-21-11-6-18(24)12-16(21)13-25-19-9-4-17(23)5-10-19/h2-12,25H,13-14H2,1H3,(H,26,27). The smallest absolute Gasteiger partial charge is 0.262 e.